The number of carbonyl (C=O) groups excluding carboxylic acids is 1. The van der Waals surface area contributed by atoms with Gasteiger partial charge in [-0.25, -0.2) is 0 Å². The molecule has 0 unspecified atom stereocenters. The van der Waals surface area contributed by atoms with Crippen molar-refractivity contribution >= 4 is 11.6 Å². The number of aromatic nitrogens is 3. The summed E-state index contributed by atoms with van der Waals surface area (Å²) < 4.78 is 1.20. The Kier molecular flexibility index (Phi) is 3.74. The number of pyridine rings is 1. The van der Waals surface area contributed by atoms with Crippen LogP contribution in [0, 0.1) is 0 Å². The van der Waals surface area contributed by atoms with Crippen molar-refractivity contribution in [3.8, 4) is 5.69 Å². The third kappa shape index (κ3) is 2.90. The van der Waals surface area contributed by atoms with E-state index in [1.54, 1.807) is 48.8 Å². The van der Waals surface area contributed by atoms with Gasteiger partial charge in [-0.3, -0.25) is 14.6 Å². The van der Waals surface area contributed by atoms with Crippen molar-refractivity contribution in [2.24, 2.45) is 0 Å². The molecule has 0 saturated heterocycles. The molecule has 22 heavy (non-hydrogen) atoms. The maximum Gasteiger partial charge on any atom is 0.276 e. The molecule has 6 heteroatoms. The smallest absolute Gasteiger partial charge is 0.276 e. The lowest BCUT2D eigenvalue weighted by molar-refractivity contribution is 0.102. The molecule has 108 valence electrons. The van der Waals surface area contributed by atoms with E-state index in [1.807, 2.05) is 6.07 Å². The number of hydrogen-bond acceptors (Lipinski definition) is 4. The summed E-state index contributed by atoms with van der Waals surface area (Å²) in [6.45, 7) is 0. The molecule has 0 saturated carbocycles. The van der Waals surface area contributed by atoms with Gasteiger partial charge in [-0.2, -0.15) is 9.78 Å². The maximum absolute atomic E-state index is 12.2. The molecule has 3 aromatic rings. The molecule has 0 aliphatic rings. The van der Waals surface area contributed by atoms with Crippen LogP contribution >= 0.6 is 0 Å². The number of nitrogens with zero attached hydrogens (tertiary/aromatic N) is 3. The standard InChI is InChI=1S/C16H12N4O2/c21-15-7-6-14(16(22)18-12-8-10-17-11-9-12)19-20(15)13-4-2-1-3-5-13/h1-11H,(H,17,18,22). The van der Waals surface area contributed by atoms with Crippen molar-refractivity contribution in [1.29, 1.82) is 0 Å². The van der Waals surface area contributed by atoms with Crippen LogP contribution in [0.5, 0.6) is 0 Å². The van der Waals surface area contributed by atoms with E-state index in [0.717, 1.165) is 0 Å². The highest BCUT2D eigenvalue weighted by Gasteiger charge is 2.10. The van der Waals surface area contributed by atoms with Crippen LogP contribution in [0.3, 0.4) is 0 Å². The Hall–Kier alpha value is -3.28. The molecule has 0 atom stereocenters. The fraction of sp³-hybridized carbons (Fsp3) is 0. The summed E-state index contributed by atoms with van der Waals surface area (Å²) in [7, 11) is 0. The summed E-state index contributed by atoms with van der Waals surface area (Å²) in [4.78, 5) is 28.0. The Bertz CT molecular complexity index is 845. The molecule has 0 radical (unpaired) electrons. The summed E-state index contributed by atoms with van der Waals surface area (Å²) >= 11 is 0. The molecule has 0 fully saturated rings. The second-order valence-corrected chi connectivity index (χ2v) is 4.49. The predicted molar refractivity (Wildman–Crippen MR) is 82.0 cm³/mol. The average Bonchev–Trinajstić information content (AvgIpc) is 2.57. The summed E-state index contributed by atoms with van der Waals surface area (Å²) in [6, 6.07) is 15.0. The molecule has 2 heterocycles. The number of anilines is 1. The molecule has 1 aromatic carbocycles. The molecule has 3 rings (SSSR count). The first-order chi connectivity index (χ1) is 10.7. The Morgan fingerprint density at radius 1 is 0.955 bits per heavy atom. The molecule has 1 N–H and O–H groups in total. The third-order valence-electron chi connectivity index (χ3n) is 2.97. The number of benzene rings is 1. The third-order valence-corrected chi connectivity index (χ3v) is 2.97. The monoisotopic (exact) mass is 292 g/mol. The van der Waals surface area contributed by atoms with Crippen LogP contribution in [0.25, 0.3) is 5.69 Å². The van der Waals surface area contributed by atoms with Crippen molar-refractivity contribution in [1.82, 2.24) is 14.8 Å². The van der Waals surface area contributed by atoms with Crippen LogP contribution in [0.2, 0.25) is 0 Å². The SMILES string of the molecule is O=C(Nc1ccncc1)c1ccc(=O)n(-c2ccccc2)n1. The van der Waals surface area contributed by atoms with Gasteiger partial charge in [0.25, 0.3) is 11.5 Å². The normalized spacial score (nSPS) is 10.2. The van der Waals surface area contributed by atoms with E-state index in [9.17, 15) is 9.59 Å². The zero-order valence-corrected chi connectivity index (χ0v) is 11.5. The van der Waals surface area contributed by atoms with E-state index < -0.39 is 5.91 Å². The van der Waals surface area contributed by atoms with E-state index in [4.69, 9.17) is 0 Å². The quantitative estimate of drug-likeness (QED) is 0.799. The molecular weight excluding hydrogens is 280 g/mol. The van der Waals surface area contributed by atoms with Crippen LogP contribution in [-0.4, -0.2) is 20.7 Å². The van der Waals surface area contributed by atoms with E-state index in [1.165, 1.54) is 16.8 Å². The van der Waals surface area contributed by atoms with Crippen LogP contribution in [-0.2, 0) is 0 Å². The molecular formula is C16H12N4O2. The van der Waals surface area contributed by atoms with Gasteiger partial charge in [-0.05, 0) is 30.3 Å². The summed E-state index contributed by atoms with van der Waals surface area (Å²) in [6.07, 6.45) is 3.15. The van der Waals surface area contributed by atoms with Crippen molar-refractivity contribution in [2.45, 2.75) is 0 Å². The summed E-state index contributed by atoms with van der Waals surface area (Å²) in [5.41, 5.74) is 1.07. The number of carbonyl (C=O) groups is 1. The number of nitrogens with one attached hydrogen (secondary N) is 1. The Balaban J connectivity index is 1.92. The number of rotatable bonds is 3. The van der Waals surface area contributed by atoms with Gasteiger partial charge in [-0.1, -0.05) is 18.2 Å². The van der Waals surface area contributed by atoms with Crippen LogP contribution < -0.4 is 10.9 Å². The van der Waals surface area contributed by atoms with Crippen molar-refractivity contribution in [3.63, 3.8) is 0 Å². The van der Waals surface area contributed by atoms with E-state index >= 15 is 0 Å². The van der Waals surface area contributed by atoms with Crippen molar-refractivity contribution < 1.29 is 4.79 Å². The zero-order valence-electron chi connectivity index (χ0n) is 11.5. The van der Waals surface area contributed by atoms with E-state index in [2.05, 4.69) is 15.4 Å². The average molecular weight is 292 g/mol. The predicted octanol–water partition coefficient (Wildman–Crippen LogP) is 1.88. The Morgan fingerprint density at radius 3 is 2.41 bits per heavy atom. The van der Waals surface area contributed by atoms with Gasteiger partial charge in [0, 0.05) is 24.1 Å². The second-order valence-electron chi connectivity index (χ2n) is 4.49. The van der Waals surface area contributed by atoms with E-state index in [-0.39, 0.29) is 11.3 Å². The lowest BCUT2D eigenvalue weighted by atomic mass is 10.3. The van der Waals surface area contributed by atoms with Gasteiger partial charge in [0.15, 0.2) is 0 Å². The number of hydrogen-bond donors (Lipinski definition) is 1. The minimum Gasteiger partial charge on any atom is -0.320 e. The Morgan fingerprint density at radius 2 is 1.68 bits per heavy atom. The van der Waals surface area contributed by atoms with Gasteiger partial charge in [0.05, 0.1) is 5.69 Å². The highest BCUT2D eigenvalue weighted by Crippen LogP contribution is 2.07. The maximum atomic E-state index is 12.2. The first-order valence-corrected chi connectivity index (χ1v) is 6.61. The molecule has 0 aliphatic heterocycles. The largest absolute Gasteiger partial charge is 0.320 e. The van der Waals surface area contributed by atoms with Gasteiger partial charge in [0.1, 0.15) is 5.69 Å². The van der Waals surface area contributed by atoms with Crippen LogP contribution in [0.1, 0.15) is 10.5 Å². The minimum atomic E-state index is -0.393. The zero-order chi connectivity index (χ0) is 15.4. The summed E-state index contributed by atoms with van der Waals surface area (Å²) in [5.74, 6) is -0.393. The highest BCUT2D eigenvalue weighted by molar-refractivity contribution is 6.02. The van der Waals surface area contributed by atoms with Crippen LogP contribution in [0.15, 0.2) is 71.8 Å². The molecule has 1 amide bonds. The lowest BCUT2D eigenvalue weighted by Crippen LogP contribution is -2.24. The van der Waals surface area contributed by atoms with Gasteiger partial charge in [0.2, 0.25) is 0 Å². The minimum absolute atomic E-state index is 0.153. The van der Waals surface area contributed by atoms with Crippen molar-refractivity contribution in [2.75, 3.05) is 5.32 Å². The van der Waals surface area contributed by atoms with Crippen molar-refractivity contribution in [3.05, 3.63) is 83.0 Å². The Labute approximate surface area is 126 Å². The van der Waals surface area contributed by atoms with Crippen LogP contribution in [0.4, 0.5) is 5.69 Å². The lowest BCUT2D eigenvalue weighted by Gasteiger charge is -2.07. The molecule has 0 spiro atoms. The summed E-state index contributed by atoms with van der Waals surface area (Å²) in [5, 5.41) is 6.81. The number of para-hydroxylation sites is 1. The van der Waals surface area contributed by atoms with Gasteiger partial charge < -0.3 is 5.32 Å². The van der Waals surface area contributed by atoms with Gasteiger partial charge in [-0.15, -0.1) is 0 Å². The topological polar surface area (TPSA) is 76.9 Å². The second kappa shape index (κ2) is 6.01. The molecule has 2 aromatic heterocycles. The fourth-order valence-corrected chi connectivity index (χ4v) is 1.92. The van der Waals surface area contributed by atoms with E-state index in [0.29, 0.717) is 11.4 Å². The first kappa shape index (κ1) is 13.7. The first-order valence-electron chi connectivity index (χ1n) is 6.61. The molecule has 0 aliphatic carbocycles. The van der Waals surface area contributed by atoms with Gasteiger partial charge >= 0.3 is 0 Å². The fourth-order valence-electron chi connectivity index (χ4n) is 1.92. The highest BCUT2D eigenvalue weighted by atomic mass is 16.2. The molecule has 6 nitrogen and oxygen atoms in total. The number of amides is 1. The molecule has 0 bridgehead atoms.